The molecular weight excluding hydrogens is 244 g/mol. The van der Waals surface area contributed by atoms with E-state index in [1.165, 1.54) is 12.3 Å². The fourth-order valence-corrected chi connectivity index (χ4v) is 1.37. The van der Waals surface area contributed by atoms with E-state index >= 15 is 0 Å². The number of pyridine rings is 1. The molecule has 1 heterocycles. The zero-order valence-electron chi connectivity index (χ0n) is 9.50. The number of nitrogen functional groups attached to an aromatic ring is 1. The summed E-state index contributed by atoms with van der Waals surface area (Å²) < 4.78 is 5.10. The molecule has 4 N–H and O–H groups in total. The van der Waals surface area contributed by atoms with E-state index < -0.39 is 0 Å². The fourth-order valence-electron chi connectivity index (χ4n) is 1.15. The van der Waals surface area contributed by atoms with Gasteiger partial charge in [0.05, 0.1) is 17.2 Å². The number of nitrogens with one attached hydrogen (secondary N) is 2. The maximum atomic E-state index is 11.6. The predicted molar refractivity (Wildman–Crippen MR) is 65.9 cm³/mol. The number of nitrogens with two attached hydrogens (primary N) is 1. The first kappa shape index (κ1) is 13.7. The van der Waals surface area contributed by atoms with E-state index in [0.717, 1.165) is 0 Å². The van der Waals surface area contributed by atoms with Crippen molar-refractivity contribution in [1.82, 2.24) is 10.3 Å². The summed E-state index contributed by atoms with van der Waals surface area (Å²) >= 11 is 5.85. The van der Waals surface area contributed by atoms with Crippen LogP contribution in [0, 0.1) is 0 Å². The van der Waals surface area contributed by atoms with E-state index in [1.807, 2.05) is 6.92 Å². The average molecular weight is 259 g/mol. The zero-order valence-corrected chi connectivity index (χ0v) is 10.3. The third kappa shape index (κ3) is 4.18. The van der Waals surface area contributed by atoms with E-state index in [2.05, 4.69) is 15.7 Å². The summed E-state index contributed by atoms with van der Waals surface area (Å²) in [6.45, 7) is 3.44. The van der Waals surface area contributed by atoms with Gasteiger partial charge in [0.1, 0.15) is 0 Å². The first-order valence-electron chi connectivity index (χ1n) is 5.17. The topological polar surface area (TPSA) is 89.3 Å². The van der Waals surface area contributed by atoms with Crippen LogP contribution in [0.3, 0.4) is 0 Å². The van der Waals surface area contributed by atoms with Crippen molar-refractivity contribution in [2.75, 3.05) is 25.2 Å². The standard InChI is InChI=1S/C10H15ClN4O2/c1-2-17-4-3-13-10(16)7-5-8(11)9(15-12)14-6-7/h5-6H,2-4,12H2,1H3,(H,13,16)(H,14,15). The van der Waals surface area contributed by atoms with Crippen LogP contribution in [0.4, 0.5) is 5.82 Å². The molecule has 0 aliphatic rings. The highest BCUT2D eigenvalue weighted by molar-refractivity contribution is 6.33. The van der Waals surface area contributed by atoms with Crippen LogP contribution in [0.5, 0.6) is 0 Å². The number of ether oxygens (including phenoxy) is 1. The maximum absolute atomic E-state index is 11.6. The number of amides is 1. The molecule has 1 amide bonds. The first-order valence-corrected chi connectivity index (χ1v) is 5.55. The van der Waals surface area contributed by atoms with Crippen LogP contribution in [0.15, 0.2) is 12.3 Å². The molecular formula is C10H15ClN4O2. The van der Waals surface area contributed by atoms with Crippen LogP contribution in [0.2, 0.25) is 5.02 Å². The lowest BCUT2D eigenvalue weighted by molar-refractivity contribution is 0.0922. The zero-order chi connectivity index (χ0) is 12.7. The molecule has 0 bridgehead atoms. The molecule has 0 atom stereocenters. The molecule has 0 spiro atoms. The lowest BCUT2D eigenvalue weighted by atomic mass is 10.2. The Bertz CT molecular complexity index is 387. The summed E-state index contributed by atoms with van der Waals surface area (Å²) in [5, 5.41) is 2.98. The molecule has 0 aromatic carbocycles. The summed E-state index contributed by atoms with van der Waals surface area (Å²) in [7, 11) is 0. The van der Waals surface area contributed by atoms with Crippen molar-refractivity contribution in [2.24, 2.45) is 5.84 Å². The van der Waals surface area contributed by atoms with Crippen molar-refractivity contribution in [3.05, 3.63) is 22.8 Å². The van der Waals surface area contributed by atoms with Gasteiger partial charge in [-0.05, 0) is 13.0 Å². The SMILES string of the molecule is CCOCCNC(=O)c1cnc(NN)c(Cl)c1. The van der Waals surface area contributed by atoms with Gasteiger partial charge in [-0.2, -0.15) is 0 Å². The third-order valence-corrected chi connectivity index (χ3v) is 2.26. The van der Waals surface area contributed by atoms with Gasteiger partial charge in [-0.1, -0.05) is 11.6 Å². The number of rotatable bonds is 6. The number of nitrogens with zero attached hydrogens (tertiary/aromatic N) is 1. The lowest BCUT2D eigenvalue weighted by Crippen LogP contribution is -2.27. The van der Waals surface area contributed by atoms with Gasteiger partial charge in [-0.25, -0.2) is 10.8 Å². The maximum Gasteiger partial charge on any atom is 0.252 e. The largest absolute Gasteiger partial charge is 0.380 e. The van der Waals surface area contributed by atoms with Crippen LogP contribution >= 0.6 is 11.6 Å². The highest BCUT2D eigenvalue weighted by Crippen LogP contribution is 2.18. The van der Waals surface area contributed by atoms with Crippen molar-refractivity contribution in [3.63, 3.8) is 0 Å². The molecule has 0 unspecified atom stereocenters. The molecule has 0 aliphatic carbocycles. The van der Waals surface area contributed by atoms with Crippen molar-refractivity contribution >= 4 is 23.3 Å². The summed E-state index contributed by atoms with van der Waals surface area (Å²) in [4.78, 5) is 15.5. The van der Waals surface area contributed by atoms with Gasteiger partial charge in [-0.15, -0.1) is 0 Å². The number of carbonyl (C=O) groups is 1. The van der Waals surface area contributed by atoms with Crippen LogP contribution in [-0.2, 0) is 4.74 Å². The molecule has 0 fully saturated rings. The van der Waals surface area contributed by atoms with E-state index in [9.17, 15) is 4.79 Å². The van der Waals surface area contributed by atoms with Gasteiger partial charge in [0.2, 0.25) is 0 Å². The Kier molecular flexibility index (Phi) is 5.68. The minimum Gasteiger partial charge on any atom is -0.380 e. The smallest absolute Gasteiger partial charge is 0.252 e. The molecule has 0 saturated heterocycles. The Hall–Kier alpha value is -1.37. The number of carbonyl (C=O) groups excluding carboxylic acids is 1. The number of anilines is 1. The molecule has 6 nitrogen and oxygen atoms in total. The Morgan fingerprint density at radius 3 is 3.00 bits per heavy atom. The van der Waals surface area contributed by atoms with Crippen molar-refractivity contribution in [1.29, 1.82) is 0 Å². The molecule has 1 aromatic heterocycles. The Labute approximate surface area is 104 Å². The monoisotopic (exact) mass is 258 g/mol. The van der Waals surface area contributed by atoms with E-state index in [0.29, 0.717) is 36.2 Å². The third-order valence-electron chi connectivity index (χ3n) is 1.98. The predicted octanol–water partition coefficient (Wildman–Crippen LogP) is 0.787. The van der Waals surface area contributed by atoms with Gasteiger partial charge in [0.15, 0.2) is 5.82 Å². The molecule has 0 radical (unpaired) electrons. The summed E-state index contributed by atoms with van der Waals surface area (Å²) in [6.07, 6.45) is 1.40. The Morgan fingerprint density at radius 2 is 2.41 bits per heavy atom. The molecule has 7 heteroatoms. The minimum absolute atomic E-state index is 0.248. The normalized spacial score (nSPS) is 10.1. The van der Waals surface area contributed by atoms with Crippen molar-refractivity contribution in [3.8, 4) is 0 Å². The van der Waals surface area contributed by atoms with Crippen molar-refractivity contribution < 1.29 is 9.53 Å². The molecule has 1 aromatic rings. The second-order valence-electron chi connectivity index (χ2n) is 3.15. The fraction of sp³-hybridized carbons (Fsp3) is 0.400. The summed E-state index contributed by atoms with van der Waals surface area (Å²) in [6, 6.07) is 1.50. The number of halogens is 1. The van der Waals surface area contributed by atoms with Crippen LogP contribution < -0.4 is 16.6 Å². The minimum atomic E-state index is -0.248. The Morgan fingerprint density at radius 1 is 1.65 bits per heavy atom. The molecule has 94 valence electrons. The lowest BCUT2D eigenvalue weighted by Gasteiger charge is -2.07. The number of hydrogen-bond donors (Lipinski definition) is 3. The molecule has 1 rings (SSSR count). The van der Waals surface area contributed by atoms with Gasteiger partial charge >= 0.3 is 0 Å². The van der Waals surface area contributed by atoms with E-state index in [4.69, 9.17) is 22.2 Å². The number of hydrazine groups is 1. The van der Waals surface area contributed by atoms with E-state index in [1.54, 1.807) is 0 Å². The number of hydrogen-bond acceptors (Lipinski definition) is 5. The first-order chi connectivity index (χ1) is 8.19. The van der Waals surface area contributed by atoms with E-state index in [-0.39, 0.29) is 5.91 Å². The van der Waals surface area contributed by atoms with Crippen LogP contribution in [0.1, 0.15) is 17.3 Å². The van der Waals surface area contributed by atoms with Gasteiger partial charge in [0, 0.05) is 19.3 Å². The molecule has 0 saturated carbocycles. The van der Waals surface area contributed by atoms with Gasteiger partial charge < -0.3 is 15.5 Å². The highest BCUT2D eigenvalue weighted by atomic mass is 35.5. The van der Waals surface area contributed by atoms with Gasteiger partial charge in [0.25, 0.3) is 5.91 Å². The second-order valence-corrected chi connectivity index (χ2v) is 3.56. The number of aromatic nitrogens is 1. The van der Waals surface area contributed by atoms with Gasteiger partial charge in [-0.3, -0.25) is 4.79 Å². The molecule has 0 aliphatic heterocycles. The van der Waals surface area contributed by atoms with Crippen LogP contribution in [-0.4, -0.2) is 30.6 Å². The summed E-state index contributed by atoms with van der Waals surface area (Å²) in [5.41, 5.74) is 2.71. The van der Waals surface area contributed by atoms with Crippen LogP contribution in [0.25, 0.3) is 0 Å². The van der Waals surface area contributed by atoms with Crippen molar-refractivity contribution in [2.45, 2.75) is 6.92 Å². The average Bonchev–Trinajstić information content (AvgIpc) is 2.34. The highest BCUT2D eigenvalue weighted by Gasteiger charge is 2.08. The Balaban J connectivity index is 2.54. The molecule has 17 heavy (non-hydrogen) atoms. The second kappa shape index (κ2) is 7.05. The quantitative estimate of drug-likeness (QED) is 0.399. The summed E-state index contributed by atoms with van der Waals surface area (Å²) in [5.74, 6) is 5.26.